The van der Waals surface area contributed by atoms with E-state index in [9.17, 15) is 18.0 Å². The third-order valence-electron chi connectivity index (χ3n) is 4.53. The summed E-state index contributed by atoms with van der Waals surface area (Å²) in [6.45, 7) is 1.66. The largest absolute Gasteiger partial charge is 0.573 e. The van der Waals surface area contributed by atoms with Crippen molar-refractivity contribution >= 4 is 17.5 Å². The van der Waals surface area contributed by atoms with Gasteiger partial charge in [-0.05, 0) is 36.8 Å². The highest BCUT2D eigenvalue weighted by atomic mass is 35.5. The predicted octanol–water partition coefficient (Wildman–Crippen LogP) is 4.70. The molecule has 1 amide bonds. The van der Waals surface area contributed by atoms with Crippen molar-refractivity contribution < 1.29 is 36.9 Å². The molecule has 3 rings (SSSR count). The number of hydrogen-bond acceptors (Lipinski definition) is 5. The lowest BCUT2D eigenvalue weighted by Crippen LogP contribution is -2.30. The molecule has 1 aliphatic heterocycles. The Morgan fingerprint density at radius 1 is 1.10 bits per heavy atom. The number of halogens is 4. The molecule has 0 radical (unpaired) electrons. The molecule has 0 aliphatic carbocycles. The number of nitrogens with zero attached hydrogens (tertiary/aromatic N) is 1. The van der Waals surface area contributed by atoms with Gasteiger partial charge in [0.15, 0.2) is 6.23 Å². The van der Waals surface area contributed by atoms with Gasteiger partial charge in [0, 0.05) is 6.54 Å². The fourth-order valence-electron chi connectivity index (χ4n) is 3.23. The number of hydrogen-bond donors (Lipinski definition) is 0. The van der Waals surface area contributed by atoms with E-state index in [1.54, 1.807) is 25.1 Å². The molecule has 0 saturated carbocycles. The quantitative estimate of drug-likeness (QED) is 0.645. The van der Waals surface area contributed by atoms with E-state index in [1.807, 2.05) is 0 Å². The second-order valence-electron chi connectivity index (χ2n) is 6.49. The van der Waals surface area contributed by atoms with Gasteiger partial charge in [-0.25, -0.2) is 0 Å². The van der Waals surface area contributed by atoms with Crippen LogP contribution in [0.2, 0.25) is 5.02 Å². The van der Waals surface area contributed by atoms with Crippen molar-refractivity contribution in [1.82, 2.24) is 4.90 Å². The smallest absolute Gasteiger partial charge is 0.496 e. The Kier molecular flexibility index (Phi) is 6.33. The van der Waals surface area contributed by atoms with Gasteiger partial charge in [-0.2, -0.15) is 0 Å². The number of carbonyl (C=O) groups excluding carboxylic acids is 1. The summed E-state index contributed by atoms with van der Waals surface area (Å²) in [4.78, 5) is 14.2. The number of ether oxygens (including phenoxy) is 4. The fourth-order valence-corrected chi connectivity index (χ4v) is 3.47. The number of rotatable bonds is 6. The summed E-state index contributed by atoms with van der Waals surface area (Å²) < 4.78 is 57.9. The zero-order valence-corrected chi connectivity index (χ0v) is 17.1. The molecule has 162 valence electrons. The van der Waals surface area contributed by atoms with E-state index in [-0.39, 0.29) is 17.5 Å². The lowest BCUT2D eigenvalue weighted by molar-refractivity contribution is -0.274. The average Bonchev–Trinajstić information content (AvgIpc) is 2.96. The summed E-state index contributed by atoms with van der Waals surface area (Å²) in [5.41, 5.74) is 1.03. The van der Waals surface area contributed by atoms with Gasteiger partial charge in [-0.15, -0.1) is 13.2 Å². The van der Waals surface area contributed by atoms with Gasteiger partial charge in [-0.1, -0.05) is 23.7 Å². The molecule has 30 heavy (non-hydrogen) atoms. The van der Waals surface area contributed by atoms with Crippen LogP contribution in [0, 0.1) is 0 Å². The Hall–Kier alpha value is -2.65. The number of amides is 1. The van der Waals surface area contributed by atoms with Crippen LogP contribution in [-0.4, -0.2) is 37.5 Å². The van der Waals surface area contributed by atoms with Crippen molar-refractivity contribution in [3.8, 4) is 17.2 Å². The van der Waals surface area contributed by atoms with Crippen molar-refractivity contribution in [3.63, 3.8) is 0 Å². The first-order valence-electron chi connectivity index (χ1n) is 8.85. The molecule has 2 atom stereocenters. The average molecular weight is 446 g/mol. The third-order valence-corrected chi connectivity index (χ3v) is 4.83. The highest BCUT2D eigenvalue weighted by molar-refractivity contribution is 6.32. The Morgan fingerprint density at radius 2 is 1.73 bits per heavy atom. The molecule has 2 aromatic carbocycles. The fraction of sp³-hybridized carbons (Fsp3) is 0.350. The van der Waals surface area contributed by atoms with E-state index in [0.717, 1.165) is 6.07 Å². The molecule has 1 unspecified atom stereocenters. The first kappa shape index (κ1) is 22.0. The SMILES string of the molecule is COc1cccc(OC)c1[C@H]1OC(C)C(=O)N1Cc1ccc(OC(F)(F)F)c(Cl)c1. The predicted molar refractivity (Wildman–Crippen MR) is 102 cm³/mol. The van der Waals surface area contributed by atoms with E-state index in [0.29, 0.717) is 22.6 Å². The molecule has 0 spiro atoms. The highest BCUT2D eigenvalue weighted by Gasteiger charge is 2.41. The Balaban J connectivity index is 1.93. The van der Waals surface area contributed by atoms with E-state index in [2.05, 4.69) is 4.74 Å². The minimum absolute atomic E-state index is 0.0427. The molecule has 1 saturated heterocycles. The molecule has 1 fully saturated rings. The molecule has 1 aliphatic rings. The van der Waals surface area contributed by atoms with E-state index in [1.165, 1.54) is 31.3 Å². The first-order valence-corrected chi connectivity index (χ1v) is 9.23. The van der Waals surface area contributed by atoms with E-state index in [4.69, 9.17) is 25.8 Å². The lowest BCUT2D eigenvalue weighted by atomic mass is 10.1. The lowest BCUT2D eigenvalue weighted by Gasteiger charge is -2.26. The molecular weight excluding hydrogens is 427 g/mol. The van der Waals surface area contributed by atoms with Crippen molar-refractivity contribution in [3.05, 3.63) is 52.5 Å². The number of carbonyl (C=O) groups is 1. The van der Waals surface area contributed by atoms with Crippen molar-refractivity contribution in [2.45, 2.75) is 32.2 Å². The molecule has 1 heterocycles. The van der Waals surface area contributed by atoms with E-state index >= 15 is 0 Å². The van der Waals surface area contributed by atoms with Gasteiger partial charge in [0.25, 0.3) is 5.91 Å². The summed E-state index contributed by atoms with van der Waals surface area (Å²) >= 11 is 5.94. The van der Waals surface area contributed by atoms with Gasteiger partial charge >= 0.3 is 6.36 Å². The second kappa shape index (κ2) is 8.61. The summed E-state index contributed by atoms with van der Waals surface area (Å²) in [6, 6.07) is 8.99. The zero-order valence-electron chi connectivity index (χ0n) is 16.3. The monoisotopic (exact) mass is 445 g/mol. The van der Waals surface area contributed by atoms with Crippen LogP contribution >= 0.6 is 11.6 Å². The first-order chi connectivity index (χ1) is 14.1. The summed E-state index contributed by atoms with van der Waals surface area (Å²) in [5.74, 6) is 0.129. The van der Waals surface area contributed by atoms with Crippen LogP contribution < -0.4 is 14.2 Å². The van der Waals surface area contributed by atoms with Crippen LogP contribution in [0.15, 0.2) is 36.4 Å². The van der Waals surface area contributed by atoms with E-state index < -0.39 is 24.4 Å². The van der Waals surface area contributed by atoms with Crippen LogP contribution in [0.4, 0.5) is 13.2 Å². The molecule has 10 heteroatoms. The number of alkyl halides is 3. The van der Waals surface area contributed by atoms with Crippen molar-refractivity contribution in [1.29, 1.82) is 0 Å². The topological polar surface area (TPSA) is 57.2 Å². The minimum Gasteiger partial charge on any atom is -0.496 e. The summed E-state index contributed by atoms with van der Waals surface area (Å²) in [7, 11) is 2.98. The third kappa shape index (κ3) is 4.57. The minimum atomic E-state index is -4.86. The number of benzene rings is 2. The Morgan fingerprint density at radius 3 is 2.27 bits per heavy atom. The normalized spacial score (nSPS) is 19.2. The van der Waals surface area contributed by atoms with Gasteiger partial charge < -0.3 is 23.8 Å². The van der Waals surface area contributed by atoms with Crippen LogP contribution in [0.25, 0.3) is 0 Å². The van der Waals surface area contributed by atoms with Crippen LogP contribution in [-0.2, 0) is 16.1 Å². The van der Waals surface area contributed by atoms with Crippen molar-refractivity contribution in [2.75, 3.05) is 14.2 Å². The second-order valence-corrected chi connectivity index (χ2v) is 6.89. The van der Waals surface area contributed by atoms with Crippen LogP contribution in [0.1, 0.15) is 24.3 Å². The maximum atomic E-state index is 12.7. The maximum Gasteiger partial charge on any atom is 0.573 e. The molecular formula is C20H19ClF3NO5. The molecule has 0 bridgehead atoms. The van der Waals surface area contributed by atoms with Gasteiger partial charge in [0.1, 0.15) is 23.4 Å². The molecule has 6 nitrogen and oxygen atoms in total. The zero-order chi connectivity index (χ0) is 22.1. The molecule has 0 aromatic heterocycles. The van der Waals surface area contributed by atoms with Crippen LogP contribution in [0.3, 0.4) is 0 Å². The standard InChI is InChI=1S/C20H19ClF3NO5/c1-11-18(26)25(10-12-7-8-14(13(21)9-12)30-20(22,23)24)19(29-11)17-15(27-2)5-4-6-16(17)28-3/h4-9,11,19H,10H2,1-3H3/t11?,19-/m1/s1. The van der Waals surface area contributed by atoms with Crippen LogP contribution in [0.5, 0.6) is 17.2 Å². The Labute approximate surface area is 176 Å². The summed E-state index contributed by atoms with van der Waals surface area (Å²) in [5, 5.41) is -0.225. The van der Waals surface area contributed by atoms with Crippen molar-refractivity contribution in [2.24, 2.45) is 0 Å². The maximum absolute atomic E-state index is 12.7. The molecule has 0 N–H and O–H groups in total. The van der Waals surface area contributed by atoms with Gasteiger partial charge in [0.05, 0.1) is 24.8 Å². The Bertz CT molecular complexity index is 915. The summed E-state index contributed by atoms with van der Waals surface area (Å²) in [6.07, 6.45) is -6.40. The highest BCUT2D eigenvalue weighted by Crippen LogP contribution is 2.42. The van der Waals surface area contributed by atoms with Gasteiger partial charge in [-0.3, -0.25) is 4.79 Å². The van der Waals surface area contributed by atoms with Gasteiger partial charge in [0.2, 0.25) is 0 Å². The number of methoxy groups -OCH3 is 2. The molecule has 2 aromatic rings.